The highest BCUT2D eigenvalue weighted by atomic mass is 32.1. The van der Waals surface area contributed by atoms with Crippen LogP contribution >= 0.6 is 11.3 Å². The number of carbonyl (C=O) groups is 2. The Hall–Kier alpha value is -2.67. The first-order valence-electron chi connectivity index (χ1n) is 6.80. The molecule has 0 radical (unpaired) electrons. The number of nitrogens with zero attached hydrogens (tertiary/aromatic N) is 1. The third-order valence-electron chi connectivity index (χ3n) is 3.25. The van der Waals surface area contributed by atoms with E-state index in [-0.39, 0.29) is 22.4 Å². The molecule has 0 aliphatic heterocycles. The number of ether oxygens (including phenoxy) is 1. The van der Waals surface area contributed by atoms with E-state index in [2.05, 4.69) is 21.9 Å². The van der Waals surface area contributed by atoms with Crippen LogP contribution in [0.3, 0.4) is 0 Å². The molecule has 2 N–H and O–H groups in total. The number of nitrogens with one attached hydrogen (secondary N) is 2. The van der Waals surface area contributed by atoms with E-state index in [0.717, 1.165) is 17.0 Å². The van der Waals surface area contributed by atoms with Gasteiger partial charge in [-0.1, -0.05) is 6.58 Å². The van der Waals surface area contributed by atoms with Crippen LogP contribution in [0.1, 0.15) is 37.1 Å². The zero-order valence-electron chi connectivity index (χ0n) is 13.1. The van der Waals surface area contributed by atoms with Crippen LogP contribution in [-0.4, -0.2) is 35.8 Å². The minimum atomic E-state index is -0.320. The monoisotopic (exact) mass is 331 g/mol. The maximum absolute atomic E-state index is 12.7. The summed E-state index contributed by atoms with van der Waals surface area (Å²) in [6, 6.07) is 0. The Morgan fingerprint density at radius 1 is 1.48 bits per heavy atom. The molecule has 2 rings (SSSR count). The number of ketones is 1. The first kappa shape index (κ1) is 16.7. The van der Waals surface area contributed by atoms with Crippen LogP contribution in [0.25, 0.3) is 6.08 Å². The lowest BCUT2D eigenvalue weighted by atomic mass is 10.1. The highest BCUT2D eigenvalue weighted by Gasteiger charge is 2.20. The molecule has 120 valence electrons. The Morgan fingerprint density at radius 2 is 2.22 bits per heavy atom. The lowest BCUT2D eigenvalue weighted by Gasteiger charge is -2.02. The van der Waals surface area contributed by atoms with Crippen molar-refractivity contribution in [1.29, 1.82) is 0 Å². The molecule has 0 spiro atoms. The predicted octanol–water partition coefficient (Wildman–Crippen LogP) is 2.54. The fraction of sp³-hybridized carbons (Fsp3) is 0.188. The third kappa shape index (κ3) is 3.40. The predicted molar refractivity (Wildman–Crippen MR) is 89.6 cm³/mol. The van der Waals surface area contributed by atoms with Gasteiger partial charge in [-0.3, -0.25) is 9.59 Å². The van der Waals surface area contributed by atoms with Gasteiger partial charge in [0, 0.05) is 29.9 Å². The summed E-state index contributed by atoms with van der Waals surface area (Å²) in [5, 5.41) is 4.30. The van der Waals surface area contributed by atoms with E-state index in [4.69, 9.17) is 4.74 Å². The van der Waals surface area contributed by atoms with E-state index in [1.807, 2.05) is 6.92 Å². The number of hydrogen-bond donors (Lipinski definition) is 2. The Labute approximate surface area is 137 Å². The van der Waals surface area contributed by atoms with E-state index in [9.17, 15) is 9.59 Å². The summed E-state index contributed by atoms with van der Waals surface area (Å²) in [4.78, 5) is 31.3. The molecule has 1 amide bonds. The van der Waals surface area contributed by atoms with Gasteiger partial charge in [-0.2, -0.15) is 0 Å². The number of carbonyl (C=O) groups excluding carboxylic acids is 2. The van der Waals surface area contributed by atoms with Crippen LogP contribution in [0.5, 0.6) is 0 Å². The normalized spacial score (nSPS) is 11.2. The quantitative estimate of drug-likeness (QED) is 0.484. The number of allylic oxidation sites excluding steroid dienone is 1. The smallest absolute Gasteiger partial charge is 0.270 e. The Bertz CT molecular complexity index is 786. The fourth-order valence-electron chi connectivity index (χ4n) is 1.98. The summed E-state index contributed by atoms with van der Waals surface area (Å²) in [5.74, 6) is -0.0220. The number of amides is 1. The van der Waals surface area contributed by atoms with Crippen LogP contribution in [0.2, 0.25) is 0 Å². The van der Waals surface area contributed by atoms with Gasteiger partial charge < -0.3 is 15.0 Å². The third-order valence-corrected chi connectivity index (χ3v) is 4.09. The summed E-state index contributed by atoms with van der Waals surface area (Å²) >= 11 is 1.14. The van der Waals surface area contributed by atoms with E-state index >= 15 is 0 Å². The average molecular weight is 331 g/mol. The van der Waals surface area contributed by atoms with Gasteiger partial charge in [0.2, 0.25) is 5.78 Å². The van der Waals surface area contributed by atoms with Gasteiger partial charge in [-0.15, -0.1) is 11.3 Å². The molecule has 6 nitrogen and oxygen atoms in total. The van der Waals surface area contributed by atoms with Crippen molar-refractivity contribution in [2.75, 3.05) is 14.2 Å². The van der Waals surface area contributed by atoms with Crippen LogP contribution < -0.4 is 5.32 Å². The molecule has 0 fully saturated rings. The Morgan fingerprint density at radius 3 is 2.83 bits per heavy atom. The molecule has 2 aromatic rings. The average Bonchev–Trinajstić information content (AvgIpc) is 3.18. The topological polar surface area (TPSA) is 84.1 Å². The number of H-pyrrole nitrogens is 1. The summed E-state index contributed by atoms with van der Waals surface area (Å²) in [6.45, 7) is 5.52. The summed E-state index contributed by atoms with van der Waals surface area (Å²) in [5.41, 5.74) is 2.24. The van der Waals surface area contributed by atoms with Crippen LogP contribution in [0.15, 0.2) is 30.0 Å². The summed E-state index contributed by atoms with van der Waals surface area (Å²) in [7, 11) is 3.05. The summed E-state index contributed by atoms with van der Waals surface area (Å²) < 4.78 is 5.17. The second-order valence-corrected chi connectivity index (χ2v) is 5.50. The Balaban J connectivity index is 2.41. The molecular weight excluding hydrogens is 314 g/mol. The first-order valence-corrected chi connectivity index (χ1v) is 7.68. The van der Waals surface area contributed by atoms with E-state index in [1.165, 1.54) is 14.2 Å². The highest BCUT2D eigenvalue weighted by Crippen LogP contribution is 2.23. The maximum atomic E-state index is 12.7. The number of aromatic nitrogens is 2. The van der Waals surface area contributed by atoms with Crippen molar-refractivity contribution in [3.63, 3.8) is 0 Å². The second-order valence-electron chi connectivity index (χ2n) is 4.64. The van der Waals surface area contributed by atoms with E-state index < -0.39 is 0 Å². The van der Waals surface area contributed by atoms with Gasteiger partial charge in [0.05, 0.1) is 12.7 Å². The molecule has 0 unspecified atom stereocenters. The number of hydrogen-bond acceptors (Lipinski definition) is 5. The van der Waals surface area contributed by atoms with Gasteiger partial charge in [-0.25, -0.2) is 4.98 Å². The molecule has 23 heavy (non-hydrogen) atoms. The fourth-order valence-corrected chi connectivity index (χ4v) is 2.73. The molecule has 0 saturated carbocycles. The minimum absolute atomic E-state index is 0.230. The molecule has 0 aliphatic carbocycles. The van der Waals surface area contributed by atoms with Gasteiger partial charge in [0.1, 0.15) is 11.5 Å². The molecule has 2 aromatic heterocycles. The molecule has 7 heteroatoms. The van der Waals surface area contributed by atoms with Crippen LogP contribution in [-0.2, 0) is 4.74 Å². The summed E-state index contributed by atoms with van der Waals surface area (Å²) in [6.07, 6.45) is 4.92. The molecule has 0 saturated heterocycles. The van der Waals surface area contributed by atoms with Crippen LogP contribution in [0, 0.1) is 6.92 Å². The van der Waals surface area contributed by atoms with Gasteiger partial charge in [0.25, 0.3) is 5.91 Å². The van der Waals surface area contributed by atoms with Gasteiger partial charge >= 0.3 is 0 Å². The molecule has 2 heterocycles. The zero-order chi connectivity index (χ0) is 17.0. The molecule has 0 aromatic carbocycles. The first-order chi connectivity index (χ1) is 11.0. The zero-order valence-corrected chi connectivity index (χ0v) is 13.9. The van der Waals surface area contributed by atoms with Crippen LogP contribution in [0.4, 0.5) is 0 Å². The van der Waals surface area contributed by atoms with Crippen molar-refractivity contribution in [2.24, 2.45) is 0 Å². The van der Waals surface area contributed by atoms with Gasteiger partial charge in [0.15, 0.2) is 5.01 Å². The SMILES string of the molecule is C=C/C(=C\c1c(C(=O)c2nc(C(=O)NC)cs2)c[nH]c1C)OC. The molecule has 0 bridgehead atoms. The van der Waals surface area contributed by atoms with E-state index in [1.54, 1.807) is 23.7 Å². The largest absolute Gasteiger partial charge is 0.497 e. The Kier molecular flexibility index (Phi) is 5.13. The maximum Gasteiger partial charge on any atom is 0.270 e. The highest BCUT2D eigenvalue weighted by molar-refractivity contribution is 7.12. The number of methoxy groups -OCH3 is 1. The standard InChI is InChI=1S/C16H17N3O3S/c1-5-10(22-4)6-11-9(2)18-7-12(11)14(20)16-19-13(8-23-16)15(21)17-3/h5-8,18H,1H2,2-4H3,(H,17,21)/b10-6+. The van der Waals surface area contributed by atoms with E-state index in [0.29, 0.717) is 16.9 Å². The van der Waals surface area contributed by atoms with Crippen molar-refractivity contribution < 1.29 is 14.3 Å². The van der Waals surface area contributed by atoms with Gasteiger partial charge in [-0.05, 0) is 19.1 Å². The second kappa shape index (κ2) is 7.06. The van der Waals surface area contributed by atoms with Crippen molar-refractivity contribution in [3.05, 3.63) is 57.5 Å². The molecule has 0 atom stereocenters. The van der Waals surface area contributed by atoms with Crippen molar-refractivity contribution >= 4 is 29.1 Å². The number of aryl methyl sites for hydroxylation is 1. The number of aromatic amines is 1. The molecule has 0 aliphatic rings. The van der Waals surface area contributed by atoms with Crippen molar-refractivity contribution in [2.45, 2.75) is 6.92 Å². The molecular formula is C16H17N3O3S. The minimum Gasteiger partial charge on any atom is -0.497 e. The number of rotatable bonds is 6. The number of thiazole rings is 1. The lowest BCUT2D eigenvalue weighted by molar-refractivity contribution is 0.0959. The lowest BCUT2D eigenvalue weighted by Crippen LogP contribution is -2.18. The van der Waals surface area contributed by atoms with Crippen molar-refractivity contribution in [1.82, 2.24) is 15.3 Å². The van der Waals surface area contributed by atoms with Crippen molar-refractivity contribution in [3.8, 4) is 0 Å².